The first-order valence-electron chi connectivity index (χ1n) is 6.09. The molecule has 2 aromatic carbocycles. The molecule has 0 aliphatic heterocycles. The smallest absolute Gasteiger partial charge is 0.251 e. The minimum atomic E-state index is -0.112. The van der Waals surface area contributed by atoms with Crippen molar-refractivity contribution in [1.29, 1.82) is 0 Å². The number of anilines is 1. The first kappa shape index (κ1) is 14.7. The van der Waals surface area contributed by atoms with E-state index in [0.29, 0.717) is 22.2 Å². The van der Waals surface area contributed by atoms with Gasteiger partial charge in [-0.05, 0) is 42.0 Å². The minimum Gasteiger partial charge on any atom is -0.381 e. The van der Waals surface area contributed by atoms with E-state index < -0.39 is 0 Å². The van der Waals surface area contributed by atoms with Crippen LogP contribution in [0.4, 0.5) is 5.69 Å². The van der Waals surface area contributed by atoms with Crippen molar-refractivity contribution in [2.45, 2.75) is 6.54 Å². The lowest BCUT2D eigenvalue weighted by atomic mass is 10.1. The van der Waals surface area contributed by atoms with E-state index >= 15 is 0 Å². The summed E-state index contributed by atoms with van der Waals surface area (Å²) in [6.07, 6.45) is 0. The summed E-state index contributed by atoms with van der Waals surface area (Å²) in [6, 6.07) is 12.7. The Morgan fingerprint density at radius 1 is 1.10 bits per heavy atom. The second kappa shape index (κ2) is 6.64. The van der Waals surface area contributed by atoms with Crippen LogP contribution >= 0.6 is 23.2 Å². The number of halogens is 2. The lowest BCUT2D eigenvalue weighted by molar-refractivity contribution is 0.0963. The van der Waals surface area contributed by atoms with Crippen LogP contribution in [0.2, 0.25) is 10.0 Å². The molecule has 0 spiro atoms. The molecule has 0 bridgehead atoms. The summed E-state index contributed by atoms with van der Waals surface area (Å²) in [7, 11) is 1.61. The largest absolute Gasteiger partial charge is 0.381 e. The molecule has 5 heteroatoms. The van der Waals surface area contributed by atoms with Gasteiger partial charge < -0.3 is 10.6 Å². The molecule has 0 unspecified atom stereocenters. The molecule has 0 aromatic heterocycles. The summed E-state index contributed by atoms with van der Waals surface area (Å²) in [5.41, 5.74) is 2.46. The maximum absolute atomic E-state index is 11.6. The van der Waals surface area contributed by atoms with Gasteiger partial charge in [0.2, 0.25) is 0 Å². The molecule has 0 fully saturated rings. The van der Waals surface area contributed by atoms with Crippen LogP contribution in [-0.2, 0) is 6.54 Å². The molecule has 0 heterocycles. The molecule has 2 aromatic rings. The van der Waals surface area contributed by atoms with Crippen LogP contribution in [0.5, 0.6) is 0 Å². The van der Waals surface area contributed by atoms with Crippen molar-refractivity contribution in [3.05, 3.63) is 63.6 Å². The van der Waals surface area contributed by atoms with Crippen molar-refractivity contribution in [3.8, 4) is 0 Å². The van der Waals surface area contributed by atoms with Gasteiger partial charge >= 0.3 is 0 Å². The average Bonchev–Trinajstić information content (AvgIpc) is 2.43. The van der Waals surface area contributed by atoms with Gasteiger partial charge in [0.15, 0.2) is 0 Å². The summed E-state index contributed by atoms with van der Waals surface area (Å²) in [5.74, 6) is -0.112. The van der Waals surface area contributed by atoms with Gasteiger partial charge in [0.25, 0.3) is 5.91 Å². The van der Waals surface area contributed by atoms with Crippen molar-refractivity contribution >= 4 is 34.8 Å². The number of carbonyl (C=O) groups excluding carboxylic acids is 1. The zero-order valence-electron chi connectivity index (χ0n) is 10.9. The molecule has 2 rings (SSSR count). The Bertz CT molecular complexity index is 609. The third-order valence-electron chi connectivity index (χ3n) is 2.77. The molecule has 0 saturated heterocycles. The maximum atomic E-state index is 11.6. The van der Waals surface area contributed by atoms with Crippen LogP contribution in [0.25, 0.3) is 0 Å². The Morgan fingerprint density at radius 2 is 1.80 bits per heavy atom. The number of hydrogen-bond donors (Lipinski definition) is 2. The van der Waals surface area contributed by atoms with E-state index in [-0.39, 0.29) is 5.91 Å². The van der Waals surface area contributed by atoms with Crippen molar-refractivity contribution in [2.24, 2.45) is 0 Å². The SMILES string of the molecule is CNC(=O)c1cccc(NCc2cc(Cl)cc(Cl)c2)c1. The number of carbonyl (C=O) groups is 1. The summed E-state index contributed by atoms with van der Waals surface area (Å²) in [6.45, 7) is 0.581. The van der Waals surface area contributed by atoms with Crippen LogP contribution in [-0.4, -0.2) is 13.0 Å². The first-order valence-corrected chi connectivity index (χ1v) is 6.85. The number of amides is 1. The van der Waals surface area contributed by atoms with Crippen molar-refractivity contribution in [1.82, 2.24) is 5.32 Å². The van der Waals surface area contributed by atoms with Gasteiger partial charge in [-0.25, -0.2) is 0 Å². The second-order valence-corrected chi connectivity index (χ2v) is 5.16. The van der Waals surface area contributed by atoms with E-state index in [9.17, 15) is 4.79 Å². The number of benzene rings is 2. The molecular formula is C15H14Cl2N2O. The van der Waals surface area contributed by atoms with Crippen molar-refractivity contribution in [3.63, 3.8) is 0 Å². The maximum Gasteiger partial charge on any atom is 0.251 e. The van der Waals surface area contributed by atoms with Gasteiger partial charge in [0, 0.05) is 34.9 Å². The molecule has 0 aliphatic rings. The second-order valence-electron chi connectivity index (χ2n) is 4.29. The number of rotatable bonds is 4. The van der Waals surface area contributed by atoms with Crippen LogP contribution in [0.1, 0.15) is 15.9 Å². The van der Waals surface area contributed by atoms with Gasteiger partial charge in [0.1, 0.15) is 0 Å². The fourth-order valence-electron chi connectivity index (χ4n) is 1.83. The van der Waals surface area contributed by atoms with Gasteiger partial charge in [-0.3, -0.25) is 4.79 Å². The Hall–Kier alpha value is -1.71. The van der Waals surface area contributed by atoms with Crippen LogP contribution in [0, 0.1) is 0 Å². The Balaban J connectivity index is 2.09. The van der Waals surface area contributed by atoms with Crippen molar-refractivity contribution in [2.75, 3.05) is 12.4 Å². The zero-order chi connectivity index (χ0) is 14.5. The van der Waals surface area contributed by atoms with Gasteiger partial charge in [-0.15, -0.1) is 0 Å². The highest BCUT2D eigenvalue weighted by Gasteiger charge is 2.04. The zero-order valence-corrected chi connectivity index (χ0v) is 12.4. The third-order valence-corrected chi connectivity index (χ3v) is 3.21. The molecule has 104 valence electrons. The lowest BCUT2D eigenvalue weighted by Gasteiger charge is -2.09. The van der Waals surface area contributed by atoms with Gasteiger partial charge in [-0.1, -0.05) is 29.3 Å². The normalized spacial score (nSPS) is 10.2. The quantitative estimate of drug-likeness (QED) is 0.897. The monoisotopic (exact) mass is 308 g/mol. The minimum absolute atomic E-state index is 0.112. The number of nitrogens with one attached hydrogen (secondary N) is 2. The highest BCUT2D eigenvalue weighted by Crippen LogP contribution is 2.20. The summed E-state index contributed by atoms with van der Waals surface area (Å²) in [4.78, 5) is 11.6. The molecule has 0 radical (unpaired) electrons. The molecule has 1 amide bonds. The van der Waals surface area contributed by atoms with Crippen LogP contribution < -0.4 is 10.6 Å². The Morgan fingerprint density at radius 3 is 2.45 bits per heavy atom. The fraction of sp³-hybridized carbons (Fsp3) is 0.133. The lowest BCUT2D eigenvalue weighted by Crippen LogP contribution is -2.17. The van der Waals surface area contributed by atoms with E-state index in [1.807, 2.05) is 24.3 Å². The predicted octanol–water partition coefficient (Wildman–Crippen LogP) is 3.97. The third kappa shape index (κ3) is 3.89. The molecular weight excluding hydrogens is 295 g/mol. The van der Waals surface area contributed by atoms with E-state index in [0.717, 1.165) is 11.3 Å². The molecule has 2 N–H and O–H groups in total. The van der Waals surface area contributed by atoms with Crippen molar-refractivity contribution < 1.29 is 4.79 Å². The van der Waals surface area contributed by atoms with E-state index in [1.165, 1.54) is 0 Å². The molecule has 0 atom stereocenters. The van der Waals surface area contributed by atoms with E-state index in [1.54, 1.807) is 25.2 Å². The summed E-state index contributed by atoms with van der Waals surface area (Å²) < 4.78 is 0. The van der Waals surface area contributed by atoms with Gasteiger partial charge in [-0.2, -0.15) is 0 Å². The highest BCUT2D eigenvalue weighted by atomic mass is 35.5. The first-order chi connectivity index (χ1) is 9.58. The number of hydrogen-bond acceptors (Lipinski definition) is 2. The van der Waals surface area contributed by atoms with Gasteiger partial charge in [0.05, 0.1) is 0 Å². The molecule has 0 aliphatic carbocycles. The van der Waals surface area contributed by atoms with Crippen LogP contribution in [0.3, 0.4) is 0 Å². The summed E-state index contributed by atoms with van der Waals surface area (Å²) >= 11 is 11.9. The molecule has 0 saturated carbocycles. The fourth-order valence-corrected chi connectivity index (χ4v) is 2.40. The summed E-state index contributed by atoms with van der Waals surface area (Å²) in [5, 5.41) is 7.04. The Kier molecular flexibility index (Phi) is 4.88. The Labute approximate surface area is 127 Å². The van der Waals surface area contributed by atoms with Crippen LogP contribution in [0.15, 0.2) is 42.5 Å². The molecule has 20 heavy (non-hydrogen) atoms. The predicted molar refractivity (Wildman–Crippen MR) is 83.6 cm³/mol. The average molecular weight is 309 g/mol. The standard InChI is InChI=1S/C15H14Cl2N2O/c1-18-15(20)11-3-2-4-14(7-11)19-9-10-5-12(16)8-13(17)6-10/h2-8,19H,9H2,1H3,(H,18,20). The van der Waals surface area contributed by atoms with E-state index in [4.69, 9.17) is 23.2 Å². The molecule has 3 nitrogen and oxygen atoms in total. The van der Waals surface area contributed by atoms with E-state index in [2.05, 4.69) is 10.6 Å². The topological polar surface area (TPSA) is 41.1 Å². The highest BCUT2D eigenvalue weighted by molar-refractivity contribution is 6.34.